The van der Waals surface area contributed by atoms with E-state index in [1.807, 2.05) is 17.6 Å². The van der Waals surface area contributed by atoms with Crippen molar-refractivity contribution in [2.45, 2.75) is 31.8 Å². The maximum Gasteiger partial charge on any atom is 0.237 e. The van der Waals surface area contributed by atoms with Crippen molar-refractivity contribution in [2.75, 3.05) is 6.54 Å². The molecule has 106 valence electrons. The van der Waals surface area contributed by atoms with Gasteiger partial charge in [0.05, 0.1) is 22.8 Å². The quantitative estimate of drug-likeness (QED) is 0.805. The fourth-order valence-electron chi connectivity index (χ4n) is 2.45. The molecule has 0 radical (unpaired) electrons. The Bertz CT molecular complexity index is 564. The lowest BCUT2D eigenvalue weighted by Gasteiger charge is -2.14. The first-order chi connectivity index (χ1) is 9.84. The van der Waals surface area contributed by atoms with Crippen LogP contribution in [0.3, 0.4) is 0 Å². The third-order valence-electron chi connectivity index (χ3n) is 3.56. The minimum Gasteiger partial charge on any atom is -0.355 e. The topological polar surface area (TPSA) is 69.8 Å². The molecule has 1 aliphatic heterocycles. The number of H-pyrrole nitrogens is 1. The van der Waals surface area contributed by atoms with Crippen molar-refractivity contribution in [3.05, 3.63) is 29.3 Å². The zero-order chi connectivity index (χ0) is 13.8. The van der Waals surface area contributed by atoms with Crippen LogP contribution in [0.1, 0.15) is 24.8 Å². The molecule has 0 bridgehead atoms. The van der Waals surface area contributed by atoms with Gasteiger partial charge in [-0.25, -0.2) is 0 Å². The minimum atomic E-state index is -0.0939. The van der Waals surface area contributed by atoms with Gasteiger partial charge < -0.3 is 10.6 Å². The monoisotopic (exact) mass is 290 g/mol. The number of carbonyl (C=O) groups excluding carboxylic acids is 1. The molecule has 3 rings (SSSR count). The van der Waals surface area contributed by atoms with Crippen molar-refractivity contribution in [1.82, 2.24) is 20.8 Å². The van der Waals surface area contributed by atoms with Gasteiger partial charge in [-0.3, -0.25) is 9.89 Å². The lowest BCUT2D eigenvalue weighted by Crippen LogP contribution is -2.42. The molecule has 20 heavy (non-hydrogen) atoms. The van der Waals surface area contributed by atoms with E-state index in [-0.39, 0.29) is 11.9 Å². The number of hydrogen-bond donors (Lipinski definition) is 3. The van der Waals surface area contributed by atoms with Crippen LogP contribution in [-0.4, -0.2) is 28.7 Å². The number of rotatable bonds is 4. The van der Waals surface area contributed by atoms with E-state index >= 15 is 0 Å². The normalized spacial score (nSPS) is 19.6. The molecule has 1 saturated heterocycles. The molecule has 0 aliphatic carbocycles. The van der Waals surface area contributed by atoms with E-state index in [0.29, 0.717) is 6.54 Å². The highest BCUT2D eigenvalue weighted by Gasteiger charge is 2.20. The molecule has 1 unspecified atom stereocenters. The molecule has 0 spiro atoms. The predicted octanol–water partition coefficient (Wildman–Crippen LogP) is 1.90. The van der Waals surface area contributed by atoms with Gasteiger partial charge in [0.2, 0.25) is 5.91 Å². The second kappa shape index (κ2) is 6.19. The Balaban J connectivity index is 1.67. The molecule has 3 N–H and O–H groups in total. The van der Waals surface area contributed by atoms with Crippen LogP contribution in [0.2, 0.25) is 0 Å². The summed E-state index contributed by atoms with van der Waals surface area (Å²) in [7, 11) is 0. The van der Waals surface area contributed by atoms with Gasteiger partial charge in [-0.2, -0.15) is 5.10 Å². The second-order valence-corrected chi connectivity index (χ2v) is 5.92. The van der Waals surface area contributed by atoms with Crippen LogP contribution in [0.15, 0.2) is 23.7 Å². The summed E-state index contributed by atoms with van der Waals surface area (Å²) < 4.78 is 0. The van der Waals surface area contributed by atoms with Gasteiger partial charge in [-0.05, 0) is 30.7 Å². The van der Waals surface area contributed by atoms with Crippen LogP contribution in [0.5, 0.6) is 0 Å². The van der Waals surface area contributed by atoms with Gasteiger partial charge in [-0.15, -0.1) is 11.3 Å². The Hall–Kier alpha value is -1.66. The average molecular weight is 290 g/mol. The first-order valence-corrected chi connectivity index (χ1v) is 7.80. The fraction of sp³-hybridized carbons (Fsp3) is 0.429. The summed E-state index contributed by atoms with van der Waals surface area (Å²) >= 11 is 1.68. The van der Waals surface area contributed by atoms with Crippen molar-refractivity contribution in [1.29, 1.82) is 0 Å². The van der Waals surface area contributed by atoms with E-state index in [4.69, 9.17) is 0 Å². The summed E-state index contributed by atoms with van der Waals surface area (Å²) in [6.45, 7) is 1.45. The van der Waals surface area contributed by atoms with Gasteiger partial charge in [0.1, 0.15) is 0 Å². The van der Waals surface area contributed by atoms with Gasteiger partial charge >= 0.3 is 0 Å². The van der Waals surface area contributed by atoms with Crippen molar-refractivity contribution < 1.29 is 4.79 Å². The van der Waals surface area contributed by atoms with E-state index in [0.717, 1.165) is 37.1 Å². The standard InChI is InChI=1S/C14H18N4OS/c19-14-11(4-1-2-6-15-14)16-8-10-9-17-18-13(10)12-5-3-7-20-12/h3,5,7,9,11,16H,1-2,4,6,8H2,(H,15,19)(H,17,18). The summed E-state index contributed by atoms with van der Waals surface area (Å²) in [4.78, 5) is 13.1. The van der Waals surface area contributed by atoms with Crippen LogP contribution in [0.4, 0.5) is 0 Å². The number of aromatic nitrogens is 2. The number of hydrogen-bond acceptors (Lipinski definition) is 4. The molecule has 3 heterocycles. The van der Waals surface area contributed by atoms with E-state index in [9.17, 15) is 4.79 Å². The van der Waals surface area contributed by atoms with Crippen LogP contribution in [0.25, 0.3) is 10.6 Å². The highest BCUT2D eigenvalue weighted by molar-refractivity contribution is 7.13. The number of nitrogens with one attached hydrogen (secondary N) is 3. The molecule has 1 amide bonds. The minimum absolute atomic E-state index is 0.0939. The van der Waals surface area contributed by atoms with Gasteiger partial charge in [0.15, 0.2) is 0 Å². The SMILES string of the molecule is O=C1NCCCCC1NCc1cn[nH]c1-c1cccs1. The van der Waals surface area contributed by atoms with Crippen LogP contribution >= 0.6 is 11.3 Å². The summed E-state index contributed by atoms with van der Waals surface area (Å²) in [5.41, 5.74) is 2.14. The second-order valence-electron chi connectivity index (χ2n) is 4.97. The van der Waals surface area contributed by atoms with Crippen molar-refractivity contribution in [3.63, 3.8) is 0 Å². The number of nitrogens with zero attached hydrogens (tertiary/aromatic N) is 1. The molecule has 2 aromatic heterocycles. The predicted molar refractivity (Wildman–Crippen MR) is 79.4 cm³/mol. The fourth-order valence-corrected chi connectivity index (χ4v) is 3.20. The summed E-state index contributed by atoms with van der Waals surface area (Å²) in [6, 6.07) is 4.00. The number of carbonyl (C=O) groups is 1. The Morgan fingerprint density at radius 1 is 1.45 bits per heavy atom. The highest BCUT2D eigenvalue weighted by atomic mass is 32.1. The Morgan fingerprint density at radius 2 is 2.40 bits per heavy atom. The molecule has 0 aromatic carbocycles. The molecular formula is C14H18N4OS. The highest BCUT2D eigenvalue weighted by Crippen LogP contribution is 2.25. The maximum absolute atomic E-state index is 11.9. The third-order valence-corrected chi connectivity index (χ3v) is 4.45. The number of thiophene rings is 1. The Labute approximate surface area is 121 Å². The number of aromatic amines is 1. The molecule has 5 nitrogen and oxygen atoms in total. The Morgan fingerprint density at radius 3 is 3.25 bits per heavy atom. The zero-order valence-corrected chi connectivity index (χ0v) is 12.0. The smallest absolute Gasteiger partial charge is 0.237 e. The molecular weight excluding hydrogens is 272 g/mol. The summed E-state index contributed by atoms with van der Waals surface area (Å²) in [5, 5.41) is 15.5. The van der Waals surface area contributed by atoms with Gasteiger partial charge in [-0.1, -0.05) is 6.07 Å². The van der Waals surface area contributed by atoms with Gasteiger partial charge in [0.25, 0.3) is 0 Å². The molecule has 2 aromatic rings. The lowest BCUT2D eigenvalue weighted by atomic mass is 10.1. The maximum atomic E-state index is 11.9. The van der Waals surface area contributed by atoms with Crippen molar-refractivity contribution in [3.8, 4) is 10.6 Å². The Kier molecular flexibility index (Phi) is 4.13. The summed E-state index contributed by atoms with van der Waals surface area (Å²) in [5.74, 6) is 0.115. The molecule has 6 heteroatoms. The van der Waals surface area contributed by atoms with Gasteiger partial charge in [0, 0.05) is 18.7 Å². The van der Waals surface area contributed by atoms with E-state index < -0.39 is 0 Å². The average Bonchev–Trinajstić information content (AvgIpc) is 3.08. The molecule has 1 fully saturated rings. The lowest BCUT2D eigenvalue weighted by molar-refractivity contribution is -0.122. The van der Waals surface area contributed by atoms with E-state index in [1.165, 1.54) is 4.88 Å². The van der Waals surface area contributed by atoms with E-state index in [1.54, 1.807) is 11.3 Å². The molecule has 0 saturated carbocycles. The van der Waals surface area contributed by atoms with Crippen LogP contribution in [0, 0.1) is 0 Å². The first kappa shape index (κ1) is 13.3. The first-order valence-electron chi connectivity index (χ1n) is 6.92. The summed E-state index contributed by atoms with van der Waals surface area (Å²) in [6.07, 6.45) is 4.88. The third kappa shape index (κ3) is 2.91. The number of amides is 1. The van der Waals surface area contributed by atoms with Crippen LogP contribution < -0.4 is 10.6 Å². The zero-order valence-electron chi connectivity index (χ0n) is 11.2. The van der Waals surface area contributed by atoms with Crippen LogP contribution in [-0.2, 0) is 11.3 Å². The molecule has 1 atom stereocenters. The van der Waals surface area contributed by atoms with E-state index in [2.05, 4.69) is 26.9 Å². The van der Waals surface area contributed by atoms with Crippen molar-refractivity contribution in [2.24, 2.45) is 0 Å². The molecule has 1 aliphatic rings. The largest absolute Gasteiger partial charge is 0.355 e. The van der Waals surface area contributed by atoms with Crippen molar-refractivity contribution >= 4 is 17.2 Å².